The minimum absolute atomic E-state index is 0.0182. The molecule has 0 saturated heterocycles. The Bertz CT molecular complexity index is 624. The van der Waals surface area contributed by atoms with Crippen LogP contribution in [0.4, 0.5) is 11.4 Å². The Labute approximate surface area is 122 Å². The number of nitrogens with one attached hydrogen (secondary N) is 1. The summed E-state index contributed by atoms with van der Waals surface area (Å²) in [7, 11) is 1.85. The fourth-order valence-electron chi connectivity index (χ4n) is 1.87. The Hall–Kier alpha value is -2.57. The van der Waals surface area contributed by atoms with Crippen LogP contribution >= 0.6 is 0 Å². The highest BCUT2D eigenvalue weighted by Crippen LogP contribution is 2.30. The van der Waals surface area contributed by atoms with Crippen molar-refractivity contribution in [3.8, 4) is 5.75 Å². The van der Waals surface area contributed by atoms with Crippen LogP contribution in [0.3, 0.4) is 0 Å². The van der Waals surface area contributed by atoms with E-state index in [1.807, 2.05) is 20.2 Å². The quantitative estimate of drug-likeness (QED) is 0.626. The molecule has 21 heavy (non-hydrogen) atoms. The van der Waals surface area contributed by atoms with Crippen molar-refractivity contribution in [2.45, 2.75) is 19.9 Å². The van der Waals surface area contributed by atoms with Crippen molar-refractivity contribution in [2.75, 3.05) is 11.9 Å². The highest BCUT2D eigenvalue weighted by atomic mass is 16.6. The molecule has 7 nitrogen and oxygen atoms in total. The molecule has 112 valence electrons. The van der Waals surface area contributed by atoms with Gasteiger partial charge in [-0.25, -0.2) is 0 Å². The van der Waals surface area contributed by atoms with E-state index in [2.05, 4.69) is 10.4 Å². The lowest BCUT2D eigenvalue weighted by atomic mass is 10.2. The second-order valence-electron chi connectivity index (χ2n) is 4.66. The van der Waals surface area contributed by atoms with Crippen LogP contribution in [0.2, 0.25) is 0 Å². The van der Waals surface area contributed by atoms with Crippen LogP contribution in [0.25, 0.3) is 0 Å². The average molecular weight is 290 g/mol. The van der Waals surface area contributed by atoms with Gasteiger partial charge >= 0.3 is 5.69 Å². The Morgan fingerprint density at radius 3 is 2.90 bits per heavy atom. The number of aromatic nitrogens is 2. The molecule has 0 saturated carbocycles. The smallest absolute Gasteiger partial charge is 0.311 e. The third-order valence-corrected chi connectivity index (χ3v) is 2.87. The Morgan fingerprint density at radius 2 is 2.29 bits per heavy atom. The summed E-state index contributed by atoms with van der Waals surface area (Å²) in [5.41, 5.74) is 1.79. The maximum absolute atomic E-state index is 11.0. The van der Waals surface area contributed by atoms with Crippen LogP contribution in [0.1, 0.15) is 18.9 Å². The average Bonchev–Trinajstić information content (AvgIpc) is 2.88. The van der Waals surface area contributed by atoms with Crippen LogP contribution in [-0.2, 0) is 13.6 Å². The topological polar surface area (TPSA) is 82.2 Å². The van der Waals surface area contributed by atoms with Gasteiger partial charge in [-0.1, -0.05) is 6.92 Å². The van der Waals surface area contributed by atoms with Crippen molar-refractivity contribution >= 4 is 11.4 Å². The molecule has 0 radical (unpaired) electrons. The summed E-state index contributed by atoms with van der Waals surface area (Å²) in [5.74, 6) is 0.290. The minimum atomic E-state index is -0.435. The maximum atomic E-state index is 11.0. The lowest BCUT2D eigenvalue weighted by Gasteiger charge is -2.09. The van der Waals surface area contributed by atoms with Crippen molar-refractivity contribution in [3.63, 3.8) is 0 Å². The van der Waals surface area contributed by atoms with Gasteiger partial charge in [-0.15, -0.1) is 0 Å². The zero-order valence-electron chi connectivity index (χ0n) is 12.1. The van der Waals surface area contributed by atoms with Crippen molar-refractivity contribution in [3.05, 3.63) is 46.3 Å². The Balaban J connectivity index is 2.10. The Morgan fingerprint density at radius 1 is 1.48 bits per heavy atom. The summed E-state index contributed by atoms with van der Waals surface area (Å²) in [4.78, 5) is 10.5. The first kappa shape index (κ1) is 14.8. The van der Waals surface area contributed by atoms with E-state index in [4.69, 9.17) is 4.74 Å². The molecule has 0 aliphatic rings. The second-order valence-corrected chi connectivity index (χ2v) is 4.66. The Kier molecular flexibility index (Phi) is 4.76. The first-order valence-electron chi connectivity index (χ1n) is 6.72. The normalized spacial score (nSPS) is 10.4. The molecular weight excluding hydrogens is 272 g/mol. The van der Waals surface area contributed by atoms with Crippen LogP contribution < -0.4 is 10.1 Å². The summed E-state index contributed by atoms with van der Waals surface area (Å²) in [6.45, 7) is 3.00. The largest absolute Gasteiger partial charge is 0.487 e. The van der Waals surface area contributed by atoms with E-state index in [0.717, 1.165) is 17.7 Å². The molecular formula is C14H18N4O3. The van der Waals surface area contributed by atoms with E-state index in [0.29, 0.717) is 13.2 Å². The minimum Gasteiger partial charge on any atom is -0.487 e. The van der Waals surface area contributed by atoms with Gasteiger partial charge in [-0.3, -0.25) is 14.8 Å². The van der Waals surface area contributed by atoms with E-state index in [-0.39, 0.29) is 11.4 Å². The van der Waals surface area contributed by atoms with Gasteiger partial charge in [-0.05, 0) is 12.5 Å². The first-order chi connectivity index (χ1) is 10.1. The molecule has 0 unspecified atom stereocenters. The van der Waals surface area contributed by atoms with Crippen LogP contribution in [-0.4, -0.2) is 21.3 Å². The summed E-state index contributed by atoms with van der Waals surface area (Å²) in [6, 6.07) is 4.79. The highest BCUT2D eigenvalue weighted by molar-refractivity contribution is 5.58. The zero-order valence-corrected chi connectivity index (χ0v) is 12.1. The highest BCUT2D eigenvalue weighted by Gasteiger charge is 2.15. The molecule has 0 amide bonds. The molecule has 0 bridgehead atoms. The van der Waals surface area contributed by atoms with E-state index < -0.39 is 4.92 Å². The number of benzene rings is 1. The number of ether oxygens (including phenoxy) is 1. The van der Waals surface area contributed by atoms with Gasteiger partial charge in [0.15, 0.2) is 5.75 Å². The monoisotopic (exact) mass is 290 g/mol. The van der Waals surface area contributed by atoms with Crippen LogP contribution in [0.15, 0.2) is 30.6 Å². The number of nitrogens with zero attached hydrogens (tertiary/aromatic N) is 3. The number of anilines is 1. The molecule has 1 aromatic heterocycles. The molecule has 0 aliphatic heterocycles. The lowest BCUT2D eigenvalue weighted by molar-refractivity contribution is -0.385. The van der Waals surface area contributed by atoms with Crippen LogP contribution in [0.5, 0.6) is 5.75 Å². The fourth-order valence-corrected chi connectivity index (χ4v) is 1.87. The number of hydrogen-bond acceptors (Lipinski definition) is 5. The third kappa shape index (κ3) is 3.95. The van der Waals surface area contributed by atoms with Crippen molar-refractivity contribution in [1.29, 1.82) is 0 Å². The molecule has 1 aromatic carbocycles. The molecule has 0 atom stereocenters. The predicted octanol–water partition coefficient (Wildman–Crippen LogP) is 2.73. The number of nitro benzene ring substituents is 1. The summed E-state index contributed by atoms with van der Waals surface area (Å²) in [6.07, 6.45) is 4.48. The van der Waals surface area contributed by atoms with Crippen molar-refractivity contribution < 1.29 is 9.66 Å². The van der Waals surface area contributed by atoms with Gasteiger partial charge in [0.2, 0.25) is 0 Å². The molecule has 0 fully saturated rings. The van der Waals surface area contributed by atoms with Crippen molar-refractivity contribution in [1.82, 2.24) is 9.78 Å². The SMILES string of the molecule is CCCOc1cc(NCc2cnn(C)c2)ccc1[N+](=O)[O-]. The van der Waals surface area contributed by atoms with E-state index in [1.165, 1.54) is 6.07 Å². The predicted molar refractivity (Wildman–Crippen MR) is 79.4 cm³/mol. The molecule has 1 N–H and O–H groups in total. The molecule has 2 rings (SSSR count). The number of aryl methyl sites for hydroxylation is 1. The molecule has 7 heteroatoms. The fraction of sp³-hybridized carbons (Fsp3) is 0.357. The van der Waals surface area contributed by atoms with Crippen LogP contribution in [0, 0.1) is 10.1 Å². The number of nitro groups is 1. The molecule has 2 aromatic rings. The number of rotatable bonds is 7. The van der Waals surface area contributed by atoms with Gasteiger partial charge in [0.05, 0.1) is 17.7 Å². The number of hydrogen-bond donors (Lipinski definition) is 1. The van der Waals surface area contributed by atoms with Gasteiger partial charge in [-0.2, -0.15) is 5.10 Å². The van der Waals surface area contributed by atoms with Gasteiger partial charge in [0.25, 0.3) is 0 Å². The molecule has 1 heterocycles. The lowest BCUT2D eigenvalue weighted by Crippen LogP contribution is -2.02. The van der Waals surface area contributed by atoms with Gasteiger partial charge in [0, 0.05) is 43.2 Å². The first-order valence-corrected chi connectivity index (χ1v) is 6.72. The summed E-state index contributed by atoms with van der Waals surface area (Å²) >= 11 is 0. The molecule has 0 aliphatic carbocycles. The summed E-state index contributed by atoms with van der Waals surface area (Å²) in [5, 5.41) is 18.3. The van der Waals surface area contributed by atoms with Crippen molar-refractivity contribution in [2.24, 2.45) is 7.05 Å². The van der Waals surface area contributed by atoms with E-state index in [1.54, 1.807) is 23.0 Å². The van der Waals surface area contributed by atoms with E-state index >= 15 is 0 Å². The molecule has 0 spiro atoms. The van der Waals surface area contributed by atoms with Gasteiger partial charge < -0.3 is 10.1 Å². The van der Waals surface area contributed by atoms with E-state index in [9.17, 15) is 10.1 Å². The second kappa shape index (κ2) is 6.74. The standard InChI is InChI=1S/C14H18N4O3/c1-3-6-21-14-7-12(4-5-13(14)18(19)20)15-8-11-9-16-17(2)10-11/h4-5,7,9-10,15H,3,6,8H2,1-2H3. The zero-order chi connectivity index (χ0) is 15.2. The summed E-state index contributed by atoms with van der Waals surface area (Å²) < 4.78 is 7.17. The third-order valence-electron chi connectivity index (χ3n) is 2.87. The maximum Gasteiger partial charge on any atom is 0.311 e. The van der Waals surface area contributed by atoms with Gasteiger partial charge in [0.1, 0.15) is 0 Å².